The van der Waals surface area contributed by atoms with Crippen LogP contribution in [-0.4, -0.2) is 25.9 Å². The lowest BCUT2D eigenvalue weighted by Gasteiger charge is -2.29. The Hall–Kier alpha value is -2.33. The van der Waals surface area contributed by atoms with Crippen LogP contribution in [-0.2, 0) is 15.9 Å². The number of unbranched alkanes of at least 4 members (excludes halogenated alkanes) is 2. The minimum atomic E-state index is -5.33. The van der Waals surface area contributed by atoms with Crippen LogP contribution in [0.15, 0.2) is 24.3 Å². The van der Waals surface area contributed by atoms with Gasteiger partial charge in [-0.05, 0) is 48.2 Å². The lowest BCUT2D eigenvalue weighted by Crippen LogP contribution is -2.32. The molecular weight excluding hydrogens is 469 g/mol. The summed E-state index contributed by atoms with van der Waals surface area (Å²) in [7, 11) is 0. The predicted molar refractivity (Wildman–Crippen MR) is 110 cm³/mol. The Kier molecular flexibility index (Phi) is 8.81. The van der Waals surface area contributed by atoms with E-state index in [0.717, 1.165) is 37.8 Å². The van der Waals surface area contributed by atoms with E-state index in [9.17, 15) is 30.7 Å². The summed E-state index contributed by atoms with van der Waals surface area (Å²) in [6, 6.07) is 2.77. The zero-order chi connectivity index (χ0) is 24.9. The van der Waals surface area contributed by atoms with Crippen molar-refractivity contribution >= 4 is 0 Å². The molecule has 3 nitrogen and oxygen atoms in total. The smallest absolute Gasteiger partial charge is 0.399 e. The van der Waals surface area contributed by atoms with E-state index >= 15 is 0 Å². The molecular formula is C24H25F7O3. The highest BCUT2D eigenvalue weighted by Crippen LogP contribution is 2.35. The molecule has 0 saturated carbocycles. The van der Waals surface area contributed by atoms with Crippen LogP contribution in [0.3, 0.4) is 0 Å². The van der Waals surface area contributed by atoms with Crippen LogP contribution >= 0.6 is 0 Å². The molecule has 0 atom stereocenters. The molecule has 0 aromatic heterocycles. The van der Waals surface area contributed by atoms with Crippen molar-refractivity contribution in [2.45, 2.75) is 58.1 Å². The SMILES string of the molecule is CCCCCC1COC(CCc2cc(F)c(-c3cc(F)c(OC(F)(F)F)c(F)c3)c(F)c2)OC1. The zero-order valence-electron chi connectivity index (χ0n) is 18.5. The molecule has 0 radical (unpaired) electrons. The highest BCUT2D eigenvalue weighted by Gasteiger charge is 2.34. The van der Waals surface area contributed by atoms with Gasteiger partial charge in [0.15, 0.2) is 17.9 Å². The first kappa shape index (κ1) is 26.3. The summed E-state index contributed by atoms with van der Waals surface area (Å²) in [5.74, 6) is -7.08. The molecule has 1 aliphatic heterocycles. The van der Waals surface area contributed by atoms with E-state index in [-0.39, 0.29) is 12.0 Å². The molecule has 0 bridgehead atoms. The Morgan fingerprint density at radius 3 is 1.97 bits per heavy atom. The molecule has 3 rings (SSSR count). The van der Waals surface area contributed by atoms with E-state index < -0.39 is 52.8 Å². The van der Waals surface area contributed by atoms with Gasteiger partial charge in [-0.15, -0.1) is 13.2 Å². The molecule has 0 N–H and O–H groups in total. The molecule has 1 aliphatic rings. The summed E-state index contributed by atoms with van der Waals surface area (Å²) in [6.45, 7) is 3.24. The topological polar surface area (TPSA) is 27.7 Å². The Morgan fingerprint density at radius 2 is 1.44 bits per heavy atom. The normalized spacial score (nSPS) is 18.8. The number of hydrogen-bond donors (Lipinski definition) is 0. The number of halogens is 7. The molecule has 0 aliphatic carbocycles. The number of alkyl halides is 3. The highest BCUT2D eigenvalue weighted by atomic mass is 19.4. The summed E-state index contributed by atoms with van der Waals surface area (Å²) >= 11 is 0. The van der Waals surface area contributed by atoms with E-state index in [1.54, 1.807) is 0 Å². The minimum absolute atomic E-state index is 0.223. The number of rotatable bonds is 9. The fraction of sp³-hybridized carbons (Fsp3) is 0.500. The summed E-state index contributed by atoms with van der Waals surface area (Å²) in [5.41, 5.74) is -1.09. The van der Waals surface area contributed by atoms with Crippen molar-refractivity contribution in [2.75, 3.05) is 13.2 Å². The van der Waals surface area contributed by atoms with Gasteiger partial charge in [-0.25, -0.2) is 17.6 Å². The lowest BCUT2D eigenvalue weighted by atomic mass is 9.99. The second-order valence-corrected chi connectivity index (χ2v) is 8.25. The Balaban J connectivity index is 1.65. The quantitative estimate of drug-likeness (QED) is 0.270. The summed E-state index contributed by atoms with van der Waals surface area (Å²) < 4.78 is 109. The maximum atomic E-state index is 14.6. The van der Waals surface area contributed by atoms with Crippen molar-refractivity contribution in [1.29, 1.82) is 0 Å². The second-order valence-electron chi connectivity index (χ2n) is 8.25. The number of hydrogen-bond acceptors (Lipinski definition) is 3. The summed E-state index contributed by atoms with van der Waals surface area (Å²) in [4.78, 5) is 0. The average Bonchev–Trinajstić information content (AvgIpc) is 2.75. The highest BCUT2D eigenvalue weighted by molar-refractivity contribution is 5.66. The first-order chi connectivity index (χ1) is 16.1. The van der Waals surface area contributed by atoms with Gasteiger partial charge in [0.1, 0.15) is 11.6 Å². The van der Waals surface area contributed by atoms with Crippen molar-refractivity contribution in [2.24, 2.45) is 5.92 Å². The first-order valence-corrected chi connectivity index (χ1v) is 11.0. The second kappa shape index (κ2) is 11.4. The fourth-order valence-electron chi connectivity index (χ4n) is 3.85. The van der Waals surface area contributed by atoms with Crippen LogP contribution in [0, 0.1) is 29.2 Å². The molecule has 0 unspecified atom stereocenters. The van der Waals surface area contributed by atoms with E-state index in [0.29, 0.717) is 37.7 Å². The molecule has 2 aromatic carbocycles. The molecule has 0 amide bonds. The van der Waals surface area contributed by atoms with Crippen molar-refractivity contribution in [1.82, 2.24) is 0 Å². The Labute approximate surface area is 192 Å². The van der Waals surface area contributed by atoms with E-state index in [1.807, 2.05) is 0 Å². The largest absolute Gasteiger partial charge is 0.573 e. The van der Waals surface area contributed by atoms with Gasteiger partial charge < -0.3 is 14.2 Å². The van der Waals surface area contributed by atoms with Gasteiger partial charge in [-0.2, -0.15) is 0 Å². The van der Waals surface area contributed by atoms with E-state index in [4.69, 9.17) is 9.47 Å². The molecule has 10 heteroatoms. The third-order valence-corrected chi connectivity index (χ3v) is 5.53. The fourth-order valence-corrected chi connectivity index (χ4v) is 3.85. The lowest BCUT2D eigenvalue weighted by molar-refractivity contribution is -0.276. The molecule has 1 fully saturated rings. The number of ether oxygens (including phenoxy) is 3. The molecule has 1 saturated heterocycles. The third-order valence-electron chi connectivity index (χ3n) is 5.53. The van der Waals surface area contributed by atoms with Gasteiger partial charge in [0, 0.05) is 12.3 Å². The van der Waals surface area contributed by atoms with Crippen LogP contribution in [0.4, 0.5) is 30.7 Å². The van der Waals surface area contributed by atoms with Gasteiger partial charge in [-0.1, -0.05) is 26.2 Å². The van der Waals surface area contributed by atoms with Gasteiger partial charge in [-0.3, -0.25) is 0 Å². The summed E-state index contributed by atoms with van der Waals surface area (Å²) in [6.07, 6.45) is -0.853. The van der Waals surface area contributed by atoms with Gasteiger partial charge in [0.05, 0.1) is 18.8 Å². The maximum absolute atomic E-state index is 14.6. The number of aryl methyl sites for hydroxylation is 1. The first-order valence-electron chi connectivity index (χ1n) is 11.0. The Bertz CT molecular complexity index is 924. The average molecular weight is 494 g/mol. The van der Waals surface area contributed by atoms with Crippen LogP contribution in [0.5, 0.6) is 5.75 Å². The Morgan fingerprint density at radius 1 is 0.853 bits per heavy atom. The molecule has 34 heavy (non-hydrogen) atoms. The summed E-state index contributed by atoms with van der Waals surface area (Å²) in [5, 5.41) is 0. The number of benzene rings is 2. The molecule has 188 valence electrons. The van der Waals surface area contributed by atoms with Crippen molar-refractivity contribution in [3.63, 3.8) is 0 Å². The standard InChI is InChI=1S/C24H25F7O3/c1-2-3-4-5-15-12-32-21(33-13-15)7-6-14-8-17(25)22(18(26)9-14)16-10-19(27)23(20(28)11-16)34-24(29,30)31/h8-11,15,21H,2-7,12-13H2,1H3. The zero-order valence-corrected chi connectivity index (χ0v) is 18.5. The molecule has 1 heterocycles. The van der Waals surface area contributed by atoms with Gasteiger partial charge >= 0.3 is 6.36 Å². The monoisotopic (exact) mass is 494 g/mol. The van der Waals surface area contributed by atoms with Gasteiger partial charge in [0.25, 0.3) is 0 Å². The van der Waals surface area contributed by atoms with Crippen LogP contribution in [0.25, 0.3) is 11.1 Å². The third kappa shape index (κ3) is 7.09. The molecule has 0 spiro atoms. The van der Waals surface area contributed by atoms with Crippen molar-refractivity contribution in [3.05, 3.63) is 53.1 Å². The van der Waals surface area contributed by atoms with Crippen molar-refractivity contribution in [3.8, 4) is 16.9 Å². The maximum Gasteiger partial charge on any atom is 0.573 e. The van der Waals surface area contributed by atoms with Crippen molar-refractivity contribution < 1.29 is 44.9 Å². The van der Waals surface area contributed by atoms with E-state index in [2.05, 4.69) is 11.7 Å². The molecule has 2 aromatic rings. The van der Waals surface area contributed by atoms with E-state index in [1.165, 1.54) is 0 Å². The van der Waals surface area contributed by atoms with Crippen LogP contribution in [0.1, 0.15) is 44.6 Å². The predicted octanol–water partition coefficient (Wildman–Crippen LogP) is 7.31. The minimum Gasteiger partial charge on any atom is -0.399 e. The van der Waals surface area contributed by atoms with Gasteiger partial charge in [0.2, 0.25) is 5.75 Å². The van der Waals surface area contributed by atoms with Crippen LogP contribution in [0.2, 0.25) is 0 Å². The van der Waals surface area contributed by atoms with Crippen LogP contribution < -0.4 is 4.74 Å².